The van der Waals surface area contributed by atoms with E-state index in [2.05, 4.69) is 14.9 Å². The van der Waals surface area contributed by atoms with Gasteiger partial charge >= 0.3 is 0 Å². The van der Waals surface area contributed by atoms with Crippen molar-refractivity contribution in [1.29, 1.82) is 0 Å². The molecule has 148 valence electrons. The van der Waals surface area contributed by atoms with E-state index in [-0.39, 0.29) is 10.8 Å². The van der Waals surface area contributed by atoms with Crippen LogP contribution in [0.3, 0.4) is 0 Å². The molecule has 0 atom stereocenters. The maximum Gasteiger partial charge on any atom is 0.261 e. The van der Waals surface area contributed by atoms with Crippen molar-refractivity contribution >= 4 is 15.7 Å². The molecule has 28 heavy (non-hydrogen) atoms. The summed E-state index contributed by atoms with van der Waals surface area (Å²) in [5.41, 5.74) is 1.91. The number of methoxy groups -OCH3 is 1. The predicted molar refractivity (Wildman–Crippen MR) is 107 cm³/mol. The molecule has 8 heteroatoms. The van der Waals surface area contributed by atoms with Crippen molar-refractivity contribution in [3.05, 3.63) is 53.9 Å². The Hall–Kier alpha value is -2.87. The fourth-order valence-electron chi connectivity index (χ4n) is 2.84. The van der Waals surface area contributed by atoms with Gasteiger partial charge in [0.1, 0.15) is 5.75 Å². The number of nitrogens with one attached hydrogen (secondary N) is 1. The zero-order chi connectivity index (χ0) is 20.1. The van der Waals surface area contributed by atoms with Gasteiger partial charge in [-0.2, -0.15) is 4.98 Å². The number of anilines is 1. The highest BCUT2D eigenvalue weighted by atomic mass is 32.2. The van der Waals surface area contributed by atoms with Crippen LogP contribution in [0.4, 0.5) is 5.69 Å². The summed E-state index contributed by atoms with van der Waals surface area (Å²) >= 11 is 0. The maximum atomic E-state index is 12.9. The predicted octanol–water partition coefficient (Wildman–Crippen LogP) is 4.06. The number of sulfonamides is 1. The lowest BCUT2D eigenvalue weighted by Gasteiger charge is -2.13. The Bertz CT molecular complexity index is 1060. The quantitative estimate of drug-likeness (QED) is 0.612. The standard InChI is InChI=1S/C20H23N3O4S/c1-4-8-19-21-20(27-22-19)16-13-15(11-12-18(16)26-3)28(24,25)23-17-10-7-6-9-14(17)5-2/h6-7,9-13,23H,4-5,8H2,1-3H3. The number of benzene rings is 2. The Balaban J connectivity index is 1.99. The summed E-state index contributed by atoms with van der Waals surface area (Å²) in [5, 5.41) is 3.93. The normalized spacial score (nSPS) is 11.4. The molecule has 0 bridgehead atoms. The highest BCUT2D eigenvalue weighted by Crippen LogP contribution is 2.32. The van der Waals surface area contributed by atoms with Crippen LogP contribution in [-0.2, 0) is 22.9 Å². The Morgan fingerprint density at radius 2 is 1.93 bits per heavy atom. The second-order valence-electron chi connectivity index (χ2n) is 6.24. The Morgan fingerprint density at radius 3 is 2.64 bits per heavy atom. The van der Waals surface area contributed by atoms with E-state index < -0.39 is 10.0 Å². The van der Waals surface area contributed by atoms with E-state index in [1.54, 1.807) is 18.2 Å². The average Bonchev–Trinajstić information content (AvgIpc) is 3.16. The van der Waals surface area contributed by atoms with Crippen LogP contribution >= 0.6 is 0 Å². The molecule has 0 aliphatic carbocycles. The monoisotopic (exact) mass is 401 g/mol. The van der Waals surface area contributed by atoms with E-state index in [0.717, 1.165) is 18.4 Å². The van der Waals surface area contributed by atoms with Crippen LogP contribution in [-0.4, -0.2) is 25.7 Å². The highest BCUT2D eigenvalue weighted by molar-refractivity contribution is 7.92. The van der Waals surface area contributed by atoms with Crippen LogP contribution in [0.2, 0.25) is 0 Å². The van der Waals surface area contributed by atoms with E-state index in [9.17, 15) is 8.42 Å². The van der Waals surface area contributed by atoms with Crippen molar-refractivity contribution in [2.24, 2.45) is 0 Å². The minimum Gasteiger partial charge on any atom is -0.496 e. The van der Waals surface area contributed by atoms with E-state index in [0.29, 0.717) is 29.2 Å². The molecule has 0 unspecified atom stereocenters. The number of nitrogens with zero attached hydrogens (tertiary/aromatic N) is 2. The first-order valence-corrected chi connectivity index (χ1v) is 10.6. The number of aryl methyl sites for hydroxylation is 2. The molecule has 0 amide bonds. The summed E-state index contributed by atoms with van der Waals surface area (Å²) in [6.07, 6.45) is 2.28. The van der Waals surface area contributed by atoms with Crippen molar-refractivity contribution in [3.63, 3.8) is 0 Å². The van der Waals surface area contributed by atoms with Crippen LogP contribution in [0, 0.1) is 0 Å². The minimum absolute atomic E-state index is 0.0875. The van der Waals surface area contributed by atoms with Crippen LogP contribution in [0.5, 0.6) is 5.75 Å². The fraction of sp³-hybridized carbons (Fsp3) is 0.300. The molecule has 7 nitrogen and oxygen atoms in total. The summed E-state index contributed by atoms with van der Waals surface area (Å²) in [6, 6.07) is 11.9. The van der Waals surface area contributed by atoms with Crippen LogP contribution in [0.25, 0.3) is 11.5 Å². The molecule has 1 N–H and O–H groups in total. The molecule has 3 rings (SSSR count). The second-order valence-corrected chi connectivity index (χ2v) is 7.93. The van der Waals surface area contributed by atoms with Gasteiger partial charge in [0.05, 0.1) is 23.3 Å². The molecule has 0 radical (unpaired) electrons. The van der Waals surface area contributed by atoms with Gasteiger partial charge in [0.2, 0.25) is 0 Å². The van der Waals surface area contributed by atoms with E-state index in [1.165, 1.54) is 19.2 Å². The Kier molecular flexibility index (Phi) is 5.99. The largest absolute Gasteiger partial charge is 0.496 e. The molecule has 3 aromatic rings. The minimum atomic E-state index is -3.80. The summed E-state index contributed by atoms with van der Waals surface area (Å²) in [7, 11) is -2.29. The van der Waals surface area contributed by atoms with Crippen molar-refractivity contribution in [2.45, 2.75) is 38.0 Å². The van der Waals surface area contributed by atoms with Crippen LogP contribution < -0.4 is 9.46 Å². The fourth-order valence-corrected chi connectivity index (χ4v) is 3.97. The summed E-state index contributed by atoms with van der Waals surface area (Å²) < 4.78 is 39.2. The summed E-state index contributed by atoms with van der Waals surface area (Å²) in [5.74, 6) is 1.26. The summed E-state index contributed by atoms with van der Waals surface area (Å²) in [6.45, 7) is 3.99. The first-order chi connectivity index (χ1) is 13.5. The Labute approximate surface area is 164 Å². The van der Waals surface area contributed by atoms with Crippen LogP contribution in [0.15, 0.2) is 51.9 Å². The molecular formula is C20H23N3O4S. The van der Waals surface area contributed by atoms with E-state index >= 15 is 0 Å². The lowest BCUT2D eigenvalue weighted by atomic mass is 10.1. The second kappa shape index (κ2) is 8.43. The third kappa shape index (κ3) is 4.17. The lowest BCUT2D eigenvalue weighted by molar-refractivity contribution is 0.402. The van der Waals surface area contributed by atoms with Crippen LogP contribution in [0.1, 0.15) is 31.7 Å². The molecule has 1 heterocycles. The van der Waals surface area contributed by atoms with Gasteiger partial charge < -0.3 is 9.26 Å². The topological polar surface area (TPSA) is 94.3 Å². The van der Waals surface area contributed by atoms with E-state index in [4.69, 9.17) is 9.26 Å². The third-order valence-corrected chi connectivity index (χ3v) is 5.66. The zero-order valence-corrected chi connectivity index (χ0v) is 16.9. The van der Waals surface area contributed by atoms with Gasteiger partial charge in [0, 0.05) is 6.42 Å². The first-order valence-electron chi connectivity index (χ1n) is 9.10. The molecule has 0 spiro atoms. The molecule has 0 saturated heterocycles. The number of ether oxygens (including phenoxy) is 1. The van der Waals surface area contributed by atoms with Gasteiger partial charge in [0.25, 0.3) is 15.9 Å². The van der Waals surface area contributed by atoms with Crippen molar-refractivity contribution in [1.82, 2.24) is 10.1 Å². The van der Waals surface area contributed by atoms with Gasteiger partial charge in [0.15, 0.2) is 5.82 Å². The SMILES string of the molecule is CCCc1noc(-c2cc(S(=O)(=O)Nc3ccccc3CC)ccc2OC)n1. The summed E-state index contributed by atoms with van der Waals surface area (Å²) in [4.78, 5) is 4.43. The number of hydrogen-bond acceptors (Lipinski definition) is 6. The molecule has 0 saturated carbocycles. The molecular weight excluding hydrogens is 378 g/mol. The third-order valence-electron chi connectivity index (χ3n) is 4.30. The molecule has 0 fully saturated rings. The average molecular weight is 401 g/mol. The van der Waals surface area contributed by atoms with Crippen molar-refractivity contribution in [2.75, 3.05) is 11.8 Å². The van der Waals surface area contributed by atoms with Gasteiger partial charge in [-0.1, -0.05) is 37.2 Å². The molecule has 2 aromatic carbocycles. The number of para-hydroxylation sites is 1. The number of aromatic nitrogens is 2. The highest BCUT2D eigenvalue weighted by Gasteiger charge is 2.21. The zero-order valence-electron chi connectivity index (χ0n) is 16.1. The van der Waals surface area contributed by atoms with Gasteiger partial charge in [-0.25, -0.2) is 8.42 Å². The van der Waals surface area contributed by atoms with Crippen molar-refractivity contribution in [3.8, 4) is 17.2 Å². The lowest BCUT2D eigenvalue weighted by Crippen LogP contribution is -2.14. The number of rotatable bonds is 8. The van der Waals surface area contributed by atoms with Crippen molar-refractivity contribution < 1.29 is 17.7 Å². The first kappa shape index (κ1) is 19.9. The van der Waals surface area contributed by atoms with Gasteiger partial charge in [-0.3, -0.25) is 4.72 Å². The van der Waals surface area contributed by atoms with Gasteiger partial charge in [-0.15, -0.1) is 0 Å². The van der Waals surface area contributed by atoms with E-state index in [1.807, 2.05) is 26.0 Å². The van der Waals surface area contributed by atoms with Gasteiger partial charge in [-0.05, 0) is 42.7 Å². The smallest absolute Gasteiger partial charge is 0.261 e. The molecule has 0 aliphatic heterocycles. The Morgan fingerprint density at radius 1 is 1.14 bits per heavy atom. The molecule has 1 aromatic heterocycles. The maximum absolute atomic E-state index is 12.9. The number of hydrogen-bond donors (Lipinski definition) is 1. The molecule has 0 aliphatic rings.